The van der Waals surface area contributed by atoms with Gasteiger partial charge < -0.3 is 5.32 Å². The van der Waals surface area contributed by atoms with E-state index in [0.29, 0.717) is 0 Å². The number of thiazole rings is 1. The maximum atomic E-state index is 11.6. The molecule has 1 N–H and O–H groups in total. The Hall–Kier alpha value is -2.66. The van der Waals surface area contributed by atoms with Gasteiger partial charge in [0.1, 0.15) is 16.9 Å². The summed E-state index contributed by atoms with van der Waals surface area (Å²) in [5.74, 6) is -0.0839. The van der Waals surface area contributed by atoms with Crippen molar-refractivity contribution >= 4 is 38.5 Å². The van der Waals surface area contributed by atoms with Gasteiger partial charge in [-0.25, -0.2) is 4.98 Å². The predicted molar refractivity (Wildman–Crippen MR) is 95.1 cm³/mol. The zero-order valence-corrected chi connectivity index (χ0v) is 13.6. The topological polar surface area (TPSA) is 46.4 Å². The zero-order valence-electron chi connectivity index (χ0n) is 12.8. The summed E-state index contributed by atoms with van der Waals surface area (Å²) in [5, 5.41) is 7.28. The van der Waals surface area contributed by atoms with Crippen LogP contribution in [-0.4, -0.2) is 15.3 Å². The van der Waals surface area contributed by atoms with Gasteiger partial charge in [0.15, 0.2) is 0 Å². The number of carbonyl (C=O) groups excluding carboxylic acids is 1. The predicted octanol–water partition coefficient (Wildman–Crippen LogP) is 4.48. The van der Waals surface area contributed by atoms with Crippen molar-refractivity contribution < 1.29 is 4.79 Å². The summed E-state index contributed by atoms with van der Waals surface area (Å²) in [6.45, 7) is 3.59. The second-order valence-corrected chi connectivity index (χ2v) is 6.39. The van der Waals surface area contributed by atoms with Crippen LogP contribution in [-0.2, 0) is 4.79 Å². The third-order valence-electron chi connectivity index (χ3n) is 3.92. The third-order valence-corrected chi connectivity index (χ3v) is 4.99. The van der Waals surface area contributed by atoms with Crippen LogP contribution in [0.15, 0.2) is 48.1 Å². The van der Waals surface area contributed by atoms with E-state index in [-0.39, 0.29) is 5.91 Å². The molecular formula is C18H15N3OS. The standard InChI is InChI=1S/C18H15N3OS/c1-11-9-23-18-17(19-10-21(11)18)16-14-6-4-3-5-13(14)7-8-15(16)20-12(2)22/h3-10H,1-2H3,(H,20,22). The monoisotopic (exact) mass is 321 g/mol. The van der Waals surface area contributed by atoms with Crippen LogP contribution in [0.25, 0.3) is 26.9 Å². The van der Waals surface area contributed by atoms with Crippen LogP contribution < -0.4 is 5.32 Å². The van der Waals surface area contributed by atoms with Crippen LogP contribution in [0.5, 0.6) is 0 Å². The Labute approximate surface area is 137 Å². The number of aromatic nitrogens is 2. The van der Waals surface area contributed by atoms with E-state index in [9.17, 15) is 4.79 Å². The van der Waals surface area contributed by atoms with E-state index in [1.807, 2.05) is 30.6 Å². The van der Waals surface area contributed by atoms with E-state index in [4.69, 9.17) is 0 Å². The minimum absolute atomic E-state index is 0.0839. The summed E-state index contributed by atoms with van der Waals surface area (Å²) in [4.78, 5) is 17.3. The highest BCUT2D eigenvalue weighted by atomic mass is 32.1. The number of aryl methyl sites for hydroxylation is 1. The molecule has 0 fully saturated rings. The SMILES string of the molecule is CC(=O)Nc1ccc2ccccc2c1-c1ncn2c(C)csc12. The number of rotatable bonds is 2. The van der Waals surface area contributed by atoms with Gasteiger partial charge in [0.25, 0.3) is 0 Å². The molecule has 2 aromatic heterocycles. The molecule has 0 aliphatic heterocycles. The van der Waals surface area contributed by atoms with E-state index in [1.54, 1.807) is 11.3 Å². The number of hydrogen-bond donors (Lipinski definition) is 1. The highest BCUT2D eigenvalue weighted by Gasteiger charge is 2.17. The minimum Gasteiger partial charge on any atom is -0.326 e. The molecule has 0 radical (unpaired) electrons. The lowest BCUT2D eigenvalue weighted by Crippen LogP contribution is -2.07. The molecule has 0 saturated heterocycles. The molecule has 2 aromatic carbocycles. The zero-order chi connectivity index (χ0) is 16.0. The van der Waals surface area contributed by atoms with Gasteiger partial charge in [0.05, 0.1) is 5.69 Å². The second kappa shape index (κ2) is 5.21. The van der Waals surface area contributed by atoms with E-state index in [0.717, 1.165) is 38.2 Å². The summed E-state index contributed by atoms with van der Waals surface area (Å²) in [7, 11) is 0. The number of hydrogen-bond acceptors (Lipinski definition) is 3. The molecule has 1 amide bonds. The number of imidazole rings is 1. The fourth-order valence-corrected chi connectivity index (χ4v) is 3.86. The normalized spacial score (nSPS) is 11.2. The van der Waals surface area contributed by atoms with Gasteiger partial charge in [0, 0.05) is 23.6 Å². The summed E-state index contributed by atoms with van der Waals surface area (Å²) in [6.07, 6.45) is 1.84. The lowest BCUT2D eigenvalue weighted by molar-refractivity contribution is -0.114. The molecule has 0 bridgehead atoms. The molecule has 0 unspecified atom stereocenters. The van der Waals surface area contributed by atoms with Crippen molar-refractivity contribution in [3.8, 4) is 11.3 Å². The van der Waals surface area contributed by atoms with Crippen LogP contribution in [0.3, 0.4) is 0 Å². The van der Waals surface area contributed by atoms with Crippen molar-refractivity contribution in [3.05, 3.63) is 53.8 Å². The fourth-order valence-electron chi connectivity index (χ4n) is 2.89. The van der Waals surface area contributed by atoms with Gasteiger partial charge in [-0.1, -0.05) is 30.3 Å². The fraction of sp³-hybridized carbons (Fsp3) is 0.111. The van der Waals surface area contributed by atoms with Gasteiger partial charge in [-0.05, 0) is 23.8 Å². The maximum absolute atomic E-state index is 11.6. The summed E-state index contributed by atoms with van der Waals surface area (Å²) in [5.41, 5.74) is 3.83. The second-order valence-electron chi connectivity index (χ2n) is 5.54. The van der Waals surface area contributed by atoms with Crippen LogP contribution in [0.4, 0.5) is 5.69 Å². The number of benzene rings is 2. The molecule has 23 heavy (non-hydrogen) atoms. The molecule has 0 atom stereocenters. The number of carbonyl (C=O) groups is 1. The maximum Gasteiger partial charge on any atom is 0.221 e. The Bertz CT molecular complexity index is 1040. The molecule has 5 heteroatoms. The molecule has 0 aliphatic rings. The number of anilines is 1. The number of amides is 1. The largest absolute Gasteiger partial charge is 0.326 e. The molecule has 2 heterocycles. The summed E-state index contributed by atoms with van der Waals surface area (Å²) >= 11 is 1.67. The van der Waals surface area contributed by atoms with Crippen molar-refractivity contribution in [3.63, 3.8) is 0 Å². The first-order valence-electron chi connectivity index (χ1n) is 7.36. The van der Waals surface area contributed by atoms with Gasteiger partial charge >= 0.3 is 0 Å². The van der Waals surface area contributed by atoms with Crippen molar-refractivity contribution in [1.29, 1.82) is 0 Å². The molecule has 0 spiro atoms. The lowest BCUT2D eigenvalue weighted by Gasteiger charge is -2.12. The Morgan fingerprint density at radius 2 is 2.04 bits per heavy atom. The molecule has 4 nitrogen and oxygen atoms in total. The van der Waals surface area contributed by atoms with Crippen molar-refractivity contribution in [2.24, 2.45) is 0 Å². The average Bonchev–Trinajstić information content (AvgIpc) is 3.10. The Morgan fingerprint density at radius 3 is 2.87 bits per heavy atom. The van der Waals surface area contributed by atoms with Crippen molar-refractivity contribution in [2.45, 2.75) is 13.8 Å². The van der Waals surface area contributed by atoms with Gasteiger partial charge in [-0.15, -0.1) is 11.3 Å². The smallest absolute Gasteiger partial charge is 0.221 e. The first-order chi connectivity index (χ1) is 11.1. The van der Waals surface area contributed by atoms with Crippen LogP contribution >= 0.6 is 11.3 Å². The third kappa shape index (κ3) is 2.21. The Balaban J connectivity index is 2.08. The van der Waals surface area contributed by atoms with E-state index in [2.05, 4.69) is 39.1 Å². The molecule has 4 rings (SSSR count). The van der Waals surface area contributed by atoms with Gasteiger partial charge in [-0.3, -0.25) is 9.20 Å². The molecule has 114 valence electrons. The lowest BCUT2D eigenvalue weighted by atomic mass is 10.0. The van der Waals surface area contributed by atoms with Crippen molar-refractivity contribution in [2.75, 3.05) is 5.32 Å². The quantitative estimate of drug-likeness (QED) is 0.591. The van der Waals surface area contributed by atoms with E-state index >= 15 is 0 Å². The average molecular weight is 321 g/mol. The number of fused-ring (bicyclic) bond motifs is 2. The van der Waals surface area contributed by atoms with E-state index < -0.39 is 0 Å². The van der Waals surface area contributed by atoms with Crippen LogP contribution in [0, 0.1) is 6.92 Å². The van der Waals surface area contributed by atoms with Crippen LogP contribution in [0.1, 0.15) is 12.6 Å². The first-order valence-corrected chi connectivity index (χ1v) is 8.24. The van der Waals surface area contributed by atoms with Crippen LogP contribution in [0.2, 0.25) is 0 Å². The van der Waals surface area contributed by atoms with E-state index in [1.165, 1.54) is 6.92 Å². The summed E-state index contributed by atoms with van der Waals surface area (Å²) in [6, 6.07) is 12.1. The number of nitrogens with one attached hydrogen (secondary N) is 1. The molecule has 0 saturated carbocycles. The first kappa shape index (κ1) is 14.0. The Kier molecular flexibility index (Phi) is 3.16. The van der Waals surface area contributed by atoms with Gasteiger partial charge in [-0.2, -0.15) is 0 Å². The van der Waals surface area contributed by atoms with Gasteiger partial charge in [0.2, 0.25) is 5.91 Å². The molecule has 0 aliphatic carbocycles. The highest BCUT2D eigenvalue weighted by molar-refractivity contribution is 7.16. The molecule has 4 aromatic rings. The number of nitrogens with zero attached hydrogens (tertiary/aromatic N) is 2. The van der Waals surface area contributed by atoms with Crippen molar-refractivity contribution in [1.82, 2.24) is 9.38 Å². The highest BCUT2D eigenvalue weighted by Crippen LogP contribution is 2.38. The summed E-state index contributed by atoms with van der Waals surface area (Å²) < 4.78 is 2.08. The minimum atomic E-state index is -0.0839. The Morgan fingerprint density at radius 1 is 1.22 bits per heavy atom. The molecular weight excluding hydrogens is 306 g/mol.